The maximum atomic E-state index is 7.49. The van der Waals surface area contributed by atoms with E-state index in [1.54, 1.807) is 7.11 Å². The normalized spacial score (nSPS) is 19.1. The monoisotopic (exact) mass is 318 g/mol. The second-order valence-electron chi connectivity index (χ2n) is 5.57. The molecule has 0 aliphatic carbocycles. The van der Waals surface area contributed by atoms with E-state index in [-0.39, 0.29) is 5.96 Å². The van der Waals surface area contributed by atoms with Crippen molar-refractivity contribution < 1.29 is 9.47 Å². The van der Waals surface area contributed by atoms with E-state index in [1.807, 2.05) is 12.1 Å². The van der Waals surface area contributed by atoms with Gasteiger partial charge >= 0.3 is 0 Å². The summed E-state index contributed by atoms with van der Waals surface area (Å²) in [5, 5.41) is 10.2. The van der Waals surface area contributed by atoms with Crippen molar-refractivity contribution in [3.63, 3.8) is 0 Å². The minimum absolute atomic E-state index is 0.0383. The number of guanidine groups is 1. The molecule has 8 heteroatoms. The number of nitrogens with one attached hydrogen (secondary N) is 2. The Morgan fingerprint density at radius 1 is 1.39 bits per heavy atom. The first-order valence-corrected chi connectivity index (χ1v) is 7.65. The van der Waals surface area contributed by atoms with Crippen LogP contribution in [0.25, 0.3) is 0 Å². The predicted octanol–water partition coefficient (Wildman–Crippen LogP) is 0.658. The topological polar surface area (TPSA) is 86.1 Å². The van der Waals surface area contributed by atoms with Crippen molar-refractivity contribution in [3.8, 4) is 5.88 Å². The number of hydrogen-bond acceptors (Lipinski definition) is 6. The molecule has 3 rings (SSSR count). The van der Waals surface area contributed by atoms with Gasteiger partial charge in [-0.3, -0.25) is 10.3 Å². The molecule has 2 saturated heterocycles. The van der Waals surface area contributed by atoms with Crippen molar-refractivity contribution in [2.24, 2.45) is 4.99 Å². The van der Waals surface area contributed by atoms with Crippen LogP contribution in [0, 0.1) is 5.41 Å². The molecule has 0 aromatic carbocycles. The van der Waals surface area contributed by atoms with Gasteiger partial charge in [0.1, 0.15) is 11.5 Å². The van der Waals surface area contributed by atoms with E-state index in [9.17, 15) is 0 Å². The average Bonchev–Trinajstić information content (AvgIpc) is 2.54. The Morgan fingerprint density at radius 3 is 2.70 bits per heavy atom. The molecule has 124 valence electrons. The highest BCUT2D eigenvalue weighted by atomic mass is 16.5. The molecular formula is C15H22N6O2. The van der Waals surface area contributed by atoms with E-state index >= 15 is 0 Å². The van der Waals surface area contributed by atoms with Gasteiger partial charge in [-0.1, -0.05) is 0 Å². The maximum Gasteiger partial charge on any atom is 0.239 e. The summed E-state index contributed by atoms with van der Waals surface area (Å²) in [4.78, 5) is 12.7. The van der Waals surface area contributed by atoms with Gasteiger partial charge in [0.25, 0.3) is 0 Å². The van der Waals surface area contributed by atoms with E-state index in [4.69, 9.17) is 14.9 Å². The Kier molecular flexibility index (Phi) is 4.73. The minimum atomic E-state index is -0.0383. The molecule has 0 saturated carbocycles. The molecule has 0 bridgehead atoms. The second-order valence-corrected chi connectivity index (χ2v) is 5.57. The number of piperazine rings is 1. The van der Waals surface area contributed by atoms with Gasteiger partial charge < -0.3 is 19.7 Å². The van der Waals surface area contributed by atoms with Gasteiger partial charge in [-0.25, -0.2) is 4.99 Å². The van der Waals surface area contributed by atoms with E-state index < -0.39 is 0 Å². The number of rotatable bonds is 4. The first-order valence-electron chi connectivity index (χ1n) is 7.65. The van der Waals surface area contributed by atoms with Crippen LogP contribution in [0.5, 0.6) is 5.88 Å². The molecule has 0 spiro atoms. The van der Waals surface area contributed by atoms with Gasteiger partial charge in [-0.15, -0.1) is 0 Å². The second kappa shape index (κ2) is 6.93. The molecular weight excluding hydrogens is 296 g/mol. The summed E-state index contributed by atoms with van der Waals surface area (Å²) in [7, 11) is 1.61. The SMILES string of the molecule is C=NC(=N)Nc1ccc(N2CCN(C3COC3)CC2)c(OC)n1. The highest BCUT2D eigenvalue weighted by Gasteiger charge is 2.29. The first kappa shape index (κ1) is 15.7. The quantitative estimate of drug-likeness (QED) is 0.626. The van der Waals surface area contributed by atoms with E-state index in [1.165, 1.54) is 0 Å². The third kappa shape index (κ3) is 3.43. The van der Waals surface area contributed by atoms with Crippen LogP contribution >= 0.6 is 0 Å². The number of aliphatic imine (C=N–C) groups is 1. The summed E-state index contributed by atoms with van der Waals surface area (Å²) in [5.41, 5.74) is 0.973. The Morgan fingerprint density at radius 2 is 2.13 bits per heavy atom. The summed E-state index contributed by atoms with van der Waals surface area (Å²) < 4.78 is 10.7. The molecule has 2 N–H and O–H groups in total. The van der Waals surface area contributed by atoms with Crippen LogP contribution in [-0.2, 0) is 4.74 Å². The average molecular weight is 318 g/mol. The number of anilines is 2. The van der Waals surface area contributed by atoms with Crippen LogP contribution in [0.15, 0.2) is 17.1 Å². The van der Waals surface area contributed by atoms with Crippen LogP contribution in [0.4, 0.5) is 11.5 Å². The number of aromatic nitrogens is 1. The molecule has 0 atom stereocenters. The lowest BCUT2D eigenvalue weighted by atomic mass is 10.1. The highest BCUT2D eigenvalue weighted by Crippen LogP contribution is 2.29. The van der Waals surface area contributed by atoms with Crippen LogP contribution in [0.3, 0.4) is 0 Å². The molecule has 0 radical (unpaired) electrons. The van der Waals surface area contributed by atoms with Crippen LogP contribution < -0.4 is 15.0 Å². The summed E-state index contributed by atoms with van der Waals surface area (Å²) in [6, 6.07) is 4.37. The Labute approximate surface area is 135 Å². The van der Waals surface area contributed by atoms with Crippen molar-refractivity contribution in [1.29, 1.82) is 5.41 Å². The summed E-state index contributed by atoms with van der Waals surface area (Å²) >= 11 is 0. The molecule has 0 amide bonds. The number of ether oxygens (including phenoxy) is 2. The Hall–Kier alpha value is -2.19. The third-order valence-corrected chi connectivity index (χ3v) is 4.23. The van der Waals surface area contributed by atoms with Gasteiger partial charge in [-0.05, 0) is 18.9 Å². The van der Waals surface area contributed by atoms with Gasteiger partial charge in [0.2, 0.25) is 11.8 Å². The zero-order chi connectivity index (χ0) is 16.2. The minimum Gasteiger partial charge on any atom is -0.479 e. The van der Waals surface area contributed by atoms with Crippen molar-refractivity contribution in [2.75, 3.05) is 56.7 Å². The van der Waals surface area contributed by atoms with Crippen LogP contribution in [-0.4, -0.2) is 75.1 Å². The van der Waals surface area contributed by atoms with E-state index in [0.717, 1.165) is 45.1 Å². The number of nitrogens with zero attached hydrogens (tertiary/aromatic N) is 4. The predicted molar refractivity (Wildman–Crippen MR) is 90.1 cm³/mol. The first-order chi connectivity index (χ1) is 11.2. The number of hydrogen-bond donors (Lipinski definition) is 2. The zero-order valence-electron chi connectivity index (χ0n) is 13.3. The molecule has 1 aromatic heterocycles. The van der Waals surface area contributed by atoms with Gasteiger partial charge in [0.15, 0.2) is 0 Å². The van der Waals surface area contributed by atoms with Crippen molar-refractivity contribution in [2.45, 2.75) is 6.04 Å². The zero-order valence-corrected chi connectivity index (χ0v) is 13.3. The smallest absolute Gasteiger partial charge is 0.239 e. The van der Waals surface area contributed by atoms with Crippen molar-refractivity contribution in [1.82, 2.24) is 9.88 Å². The summed E-state index contributed by atoms with van der Waals surface area (Å²) in [6.45, 7) is 8.92. The van der Waals surface area contributed by atoms with Crippen molar-refractivity contribution in [3.05, 3.63) is 12.1 Å². The number of methoxy groups -OCH3 is 1. The fraction of sp³-hybridized carbons (Fsp3) is 0.533. The summed E-state index contributed by atoms with van der Waals surface area (Å²) in [6.07, 6.45) is 0. The fourth-order valence-electron chi connectivity index (χ4n) is 2.82. The molecule has 3 heterocycles. The third-order valence-electron chi connectivity index (χ3n) is 4.23. The standard InChI is InChI=1S/C15H22N6O2/c1-17-15(16)19-13-4-3-12(14(18-13)22-2)21-7-5-20(6-8-21)11-9-23-10-11/h3-4,11H,1,5-10H2,2H3,(H2,16,18,19). The largest absolute Gasteiger partial charge is 0.479 e. The van der Waals surface area contributed by atoms with E-state index in [0.29, 0.717) is 17.7 Å². The lowest BCUT2D eigenvalue weighted by molar-refractivity contribution is -0.0660. The lowest BCUT2D eigenvalue weighted by Crippen LogP contribution is -2.56. The van der Waals surface area contributed by atoms with Crippen molar-refractivity contribution >= 4 is 24.2 Å². The molecule has 2 aliphatic rings. The van der Waals surface area contributed by atoms with Crippen LogP contribution in [0.1, 0.15) is 0 Å². The highest BCUT2D eigenvalue weighted by molar-refractivity contribution is 5.93. The molecule has 23 heavy (non-hydrogen) atoms. The molecule has 0 unspecified atom stereocenters. The molecule has 2 aliphatic heterocycles. The molecule has 8 nitrogen and oxygen atoms in total. The number of pyridine rings is 1. The molecule has 1 aromatic rings. The lowest BCUT2D eigenvalue weighted by Gasteiger charge is -2.43. The summed E-state index contributed by atoms with van der Waals surface area (Å²) in [5.74, 6) is 1.03. The fourth-order valence-corrected chi connectivity index (χ4v) is 2.82. The van der Waals surface area contributed by atoms with E-state index in [2.05, 4.69) is 31.8 Å². The van der Waals surface area contributed by atoms with Gasteiger partial charge in [0.05, 0.1) is 26.4 Å². The maximum absolute atomic E-state index is 7.49. The van der Waals surface area contributed by atoms with Gasteiger partial charge in [0, 0.05) is 26.2 Å². The van der Waals surface area contributed by atoms with Crippen LogP contribution in [0.2, 0.25) is 0 Å². The molecule has 2 fully saturated rings. The van der Waals surface area contributed by atoms with Gasteiger partial charge in [-0.2, -0.15) is 4.98 Å². The Balaban J connectivity index is 1.67. The Bertz CT molecular complexity index is 581.